The summed E-state index contributed by atoms with van der Waals surface area (Å²) in [7, 11) is 2.77. The Morgan fingerprint density at radius 2 is 2.07 bits per heavy atom. The smallest absolute Gasteiger partial charge is 0.412 e. The monoisotopic (exact) mass is 419 g/mol. The lowest BCUT2D eigenvalue weighted by Gasteiger charge is -2.21. The Morgan fingerprint density at radius 3 is 2.70 bits per heavy atom. The quantitative estimate of drug-likeness (QED) is 0.458. The molecule has 0 aliphatic rings. The van der Waals surface area contributed by atoms with Gasteiger partial charge in [0.1, 0.15) is 6.04 Å². The molecule has 11 heteroatoms. The molecule has 2 rings (SSSR count). The van der Waals surface area contributed by atoms with E-state index in [2.05, 4.69) is 25.0 Å². The molecule has 0 aliphatic carbocycles. The molecule has 2 atom stereocenters. The summed E-state index contributed by atoms with van der Waals surface area (Å²) < 4.78 is 14.8. The van der Waals surface area contributed by atoms with Crippen molar-refractivity contribution in [2.45, 2.75) is 32.1 Å². The van der Waals surface area contributed by atoms with Gasteiger partial charge < -0.3 is 29.4 Å². The fourth-order valence-corrected chi connectivity index (χ4v) is 2.45. The van der Waals surface area contributed by atoms with Crippen LogP contribution in [0.15, 0.2) is 36.9 Å². The number of amides is 2. The summed E-state index contributed by atoms with van der Waals surface area (Å²) in [6.45, 7) is 1.77. The van der Waals surface area contributed by atoms with E-state index in [0.717, 1.165) is 5.69 Å². The average Bonchev–Trinajstić information content (AvgIpc) is 3.24. The number of imidazole rings is 1. The van der Waals surface area contributed by atoms with Crippen LogP contribution in [0.2, 0.25) is 0 Å². The predicted octanol–water partition coefficient (Wildman–Crippen LogP) is 1.27. The van der Waals surface area contributed by atoms with Gasteiger partial charge in [0.15, 0.2) is 0 Å². The molecule has 30 heavy (non-hydrogen) atoms. The van der Waals surface area contributed by atoms with Gasteiger partial charge in [-0.15, -0.1) is 0 Å². The number of carbonyl (C=O) groups excluding carboxylic acids is 3. The van der Waals surface area contributed by atoms with E-state index in [4.69, 9.17) is 9.47 Å². The molecule has 2 aromatic heterocycles. The molecule has 162 valence electrons. The maximum Gasteiger partial charge on any atom is 0.412 e. The number of esters is 1. The van der Waals surface area contributed by atoms with Gasteiger partial charge in [0, 0.05) is 57.1 Å². The maximum absolute atomic E-state index is 12.1. The SMILES string of the molecule is COC(=O)[C@H](Cc1cnc[nH]1)NC(=O)OC(C)OC(=O)N(C)CCc1ccccn1. The number of hydrogen-bond acceptors (Lipinski definition) is 8. The van der Waals surface area contributed by atoms with Crippen LogP contribution in [0.4, 0.5) is 9.59 Å². The zero-order valence-electron chi connectivity index (χ0n) is 17.0. The molecule has 2 N–H and O–H groups in total. The fraction of sp³-hybridized carbons (Fsp3) is 0.421. The number of nitrogens with zero attached hydrogens (tertiary/aromatic N) is 3. The number of rotatable bonds is 9. The molecule has 0 fully saturated rings. The van der Waals surface area contributed by atoms with Crippen LogP contribution in [0, 0.1) is 0 Å². The Hall–Kier alpha value is -3.63. The molecule has 0 bridgehead atoms. The van der Waals surface area contributed by atoms with Crippen molar-refractivity contribution in [1.29, 1.82) is 0 Å². The number of methoxy groups -OCH3 is 1. The first-order valence-electron chi connectivity index (χ1n) is 9.23. The van der Waals surface area contributed by atoms with Crippen LogP contribution in [0.25, 0.3) is 0 Å². The molecular formula is C19H25N5O6. The molecule has 2 amide bonds. The van der Waals surface area contributed by atoms with Crippen molar-refractivity contribution in [3.8, 4) is 0 Å². The van der Waals surface area contributed by atoms with Crippen molar-refractivity contribution in [2.24, 2.45) is 0 Å². The molecule has 0 saturated carbocycles. The van der Waals surface area contributed by atoms with Gasteiger partial charge in [-0.25, -0.2) is 19.4 Å². The standard InChI is InChI=1S/C19H25N5O6/c1-13(30-19(27)24(2)9-7-14-6-4-5-8-21-14)29-18(26)23-16(17(25)28-3)10-15-11-20-12-22-15/h4-6,8,11-13,16H,7,9-10H2,1-3H3,(H,20,22)(H,23,26)/t13?,16-/m0/s1. The highest BCUT2D eigenvalue weighted by molar-refractivity contribution is 5.81. The van der Waals surface area contributed by atoms with E-state index in [9.17, 15) is 14.4 Å². The summed E-state index contributed by atoms with van der Waals surface area (Å²) in [4.78, 5) is 48.3. The molecule has 0 radical (unpaired) electrons. The minimum absolute atomic E-state index is 0.131. The summed E-state index contributed by atoms with van der Waals surface area (Å²) in [5, 5.41) is 2.39. The number of hydrogen-bond donors (Lipinski definition) is 2. The molecule has 1 unspecified atom stereocenters. The van der Waals surface area contributed by atoms with Crippen LogP contribution < -0.4 is 5.32 Å². The summed E-state index contributed by atoms with van der Waals surface area (Å²) in [5.74, 6) is -0.652. The zero-order chi connectivity index (χ0) is 21.9. The van der Waals surface area contributed by atoms with Crippen molar-refractivity contribution in [2.75, 3.05) is 20.7 Å². The van der Waals surface area contributed by atoms with Crippen molar-refractivity contribution in [3.05, 3.63) is 48.3 Å². The van der Waals surface area contributed by atoms with Crippen molar-refractivity contribution in [3.63, 3.8) is 0 Å². The van der Waals surface area contributed by atoms with Gasteiger partial charge in [-0.2, -0.15) is 0 Å². The first-order valence-corrected chi connectivity index (χ1v) is 9.23. The number of ether oxygens (including phenoxy) is 3. The van der Waals surface area contributed by atoms with E-state index in [1.807, 2.05) is 18.2 Å². The van der Waals surface area contributed by atoms with Crippen LogP contribution in [0.1, 0.15) is 18.3 Å². The Kier molecular flexibility index (Phi) is 8.60. The largest absolute Gasteiger partial charge is 0.467 e. The number of likely N-dealkylation sites (N-methyl/N-ethyl adjacent to an activating group) is 1. The van der Waals surface area contributed by atoms with Crippen LogP contribution in [0.5, 0.6) is 0 Å². The highest BCUT2D eigenvalue weighted by atomic mass is 16.7. The van der Waals surface area contributed by atoms with Crippen LogP contribution >= 0.6 is 0 Å². The minimum atomic E-state index is -1.17. The Balaban J connectivity index is 1.78. The third-order valence-corrected chi connectivity index (χ3v) is 4.04. The van der Waals surface area contributed by atoms with Gasteiger partial charge in [0.05, 0.1) is 13.4 Å². The van der Waals surface area contributed by atoms with Gasteiger partial charge in [-0.05, 0) is 12.1 Å². The zero-order valence-corrected chi connectivity index (χ0v) is 17.0. The van der Waals surface area contributed by atoms with Crippen LogP contribution in [-0.2, 0) is 31.8 Å². The van der Waals surface area contributed by atoms with Gasteiger partial charge in [-0.3, -0.25) is 4.98 Å². The van der Waals surface area contributed by atoms with Crippen molar-refractivity contribution in [1.82, 2.24) is 25.2 Å². The first-order chi connectivity index (χ1) is 14.4. The van der Waals surface area contributed by atoms with E-state index < -0.39 is 30.5 Å². The second kappa shape index (κ2) is 11.4. The van der Waals surface area contributed by atoms with Crippen LogP contribution in [0.3, 0.4) is 0 Å². The molecule has 0 spiro atoms. The number of aromatic amines is 1. The molecule has 2 aromatic rings. The summed E-state index contributed by atoms with van der Waals surface area (Å²) >= 11 is 0. The first kappa shape index (κ1) is 22.7. The van der Waals surface area contributed by atoms with Gasteiger partial charge in [0.2, 0.25) is 6.29 Å². The highest BCUT2D eigenvalue weighted by Gasteiger charge is 2.25. The highest BCUT2D eigenvalue weighted by Crippen LogP contribution is 2.04. The third-order valence-electron chi connectivity index (χ3n) is 4.04. The number of H-pyrrole nitrogens is 1. The Morgan fingerprint density at radius 1 is 1.27 bits per heavy atom. The lowest BCUT2D eigenvalue weighted by molar-refractivity contribution is -0.143. The van der Waals surface area contributed by atoms with E-state index in [1.54, 1.807) is 13.2 Å². The summed E-state index contributed by atoms with van der Waals surface area (Å²) in [5.41, 5.74) is 1.46. The van der Waals surface area contributed by atoms with Crippen LogP contribution in [-0.4, -0.2) is 71.0 Å². The number of alkyl carbamates (subject to hydrolysis) is 1. The lowest BCUT2D eigenvalue weighted by atomic mass is 10.2. The number of nitrogens with one attached hydrogen (secondary N) is 2. The number of aromatic nitrogens is 3. The molecule has 0 saturated heterocycles. The van der Waals surface area contributed by atoms with Gasteiger partial charge in [0.25, 0.3) is 0 Å². The Labute approximate surface area is 173 Å². The fourth-order valence-electron chi connectivity index (χ4n) is 2.45. The second-order valence-corrected chi connectivity index (χ2v) is 6.35. The van der Waals surface area contributed by atoms with Crippen molar-refractivity contribution < 1.29 is 28.6 Å². The number of carbonyl (C=O) groups is 3. The molecular weight excluding hydrogens is 394 g/mol. The normalized spacial score (nSPS) is 12.4. The van der Waals surface area contributed by atoms with E-state index in [-0.39, 0.29) is 6.42 Å². The maximum atomic E-state index is 12.1. The average molecular weight is 419 g/mol. The van der Waals surface area contributed by atoms with Gasteiger partial charge in [-0.1, -0.05) is 6.07 Å². The lowest BCUT2D eigenvalue weighted by Crippen LogP contribution is -2.44. The number of pyridine rings is 1. The van der Waals surface area contributed by atoms with Crippen molar-refractivity contribution >= 4 is 18.2 Å². The summed E-state index contributed by atoms with van der Waals surface area (Å²) in [6, 6.07) is 4.54. The second-order valence-electron chi connectivity index (χ2n) is 6.35. The van der Waals surface area contributed by atoms with E-state index in [1.165, 1.54) is 31.5 Å². The van der Waals surface area contributed by atoms with E-state index in [0.29, 0.717) is 18.7 Å². The summed E-state index contributed by atoms with van der Waals surface area (Å²) in [6.07, 6.45) is 2.58. The van der Waals surface area contributed by atoms with E-state index >= 15 is 0 Å². The molecule has 2 heterocycles. The predicted molar refractivity (Wildman–Crippen MR) is 104 cm³/mol. The molecule has 11 nitrogen and oxygen atoms in total. The minimum Gasteiger partial charge on any atom is -0.467 e. The van der Waals surface area contributed by atoms with Gasteiger partial charge >= 0.3 is 18.2 Å². The topological polar surface area (TPSA) is 136 Å². The molecule has 0 aliphatic heterocycles. The third kappa shape index (κ3) is 7.41. The Bertz CT molecular complexity index is 814. The molecule has 0 aromatic carbocycles.